The standard InChI is InChI=1S/C28H29IN2O4/c1-3-20-16-24(28(4-2,27(32)33)31-23-12-10-21(18-30)11-13-23)26(25(29)17-20)35-15-14-34-19-22-8-6-5-7-9-22/h5-13,16-17,31H,3-4,14-15,19H2,1-2H3,(H,32,33). The third-order valence-electron chi connectivity index (χ3n) is 5.82. The van der Waals surface area contributed by atoms with Gasteiger partial charge < -0.3 is 19.9 Å². The highest BCUT2D eigenvalue weighted by atomic mass is 127. The number of ether oxygens (including phenoxy) is 2. The van der Waals surface area contributed by atoms with E-state index in [-0.39, 0.29) is 13.0 Å². The van der Waals surface area contributed by atoms with Crippen molar-refractivity contribution in [3.63, 3.8) is 0 Å². The second-order valence-electron chi connectivity index (χ2n) is 8.07. The van der Waals surface area contributed by atoms with Gasteiger partial charge >= 0.3 is 5.97 Å². The zero-order valence-corrected chi connectivity index (χ0v) is 22.0. The van der Waals surface area contributed by atoms with Gasteiger partial charge in [-0.3, -0.25) is 0 Å². The lowest BCUT2D eigenvalue weighted by atomic mass is 9.84. The molecule has 0 bridgehead atoms. The number of carboxylic acids is 1. The zero-order valence-electron chi connectivity index (χ0n) is 19.9. The molecule has 3 rings (SSSR count). The van der Waals surface area contributed by atoms with Crippen LogP contribution >= 0.6 is 22.6 Å². The number of nitrogens with one attached hydrogen (secondary N) is 1. The number of nitriles is 1. The first-order valence-corrected chi connectivity index (χ1v) is 12.6. The van der Waals surface area contributed by atoms with Crippen molar-refractivity contribution in [3.8, 4) is 11.8 Å². The fourth-order valence-corrected chi connectivity index (χ4v) is 4.67. The number of benzene rings is 3. The Hall–Kier alpha value is -3.09. The van der Waals surface area contributed by atoms with Gasteiger partial charge in [-0.25, -0.2) is 4.79 Å². The van der Waals surface area contributed by atoms with Crippen LogP contribution in [0.2, 0.25) is 0 Å². The summed E-state index contributed by atoms with van der Waals surface area (Å²) in [6.45, 7) is 5.02. The van der Waals surface area contributed by atoms with Gasteiger partial charge in [-0.1, -0.05) is 44.2 Å². The minimum absolute atomic E-state index is 0.284. The number of aliphatic carboxylic acids is 1. The van der Waals surface area contributed by atoms with Gasteiger partial charge in [0.05, 0.1) is 28.4 Å². The molecule has 0 aromatic heterocycles. The summed E-state index contributed by atoms with van der Waals surface area (Å²) in [4.78, 5) is 12.8. The summed E-state index contributed by atoms with van der Waals surface area (Å²) < 4.78 is 12.8. The van der Waals surface area contributed by atoms with E-state index in [9.17, 15) is 9.90 Å². The highest BCUT2D eigenvalue weighted by Crippen LogP contribution is 2.40. The third kappa shape index (κ3) is 6.53. The molecule has 0 spiro atoms. The first kappa shape index (κ1) is 26.5. The molecule has 1 unspecified atom stereocenters. The van der Waals surface area contributed by atoms with E-state index in [2.05, 4.69) is 34.0 Å². The molecular weight excluding hydrogens is 555 g/mol. The topological polar surface area (TPSA) is 91.6 Å². The highest BCUT2D eigenvalue weighted by molar-refractivity contribution is 14.1. The van der Waals surface area contributed by atoms with Gasteiger partial charge in [0.25, 0.3) is 0 Å². The van der Waals surface area contributed by atoms with E-state index in [1.807, 2.05) is 56.3 Å². The molecule has 7 heteroatoms. The quantitative estimate of drug-likeness (QED) is 0.197. The number of anilines is 1. The van der Waals surface area contributed by atoms with Gasteiger partial charge in [0.1, 0.15) is 12.4 Å². The number of hydrogen-bond acceptors (Lipinski definition) is 5. The van der Waals surface area contributed by atoms with E-state index in [0.717, 1.165) is 21.1 Å². The first-order valence-electron chi connectivity index (χ1n) is 11.5. The molecule has 0 fully saturated rings. The van der Waals surface area contributed by atoms with Crippen LogP contribution in [0.5, 0.6) is 5.75 Å². The predicted molar refractivity (Wildman–Crippen MR) is 145 cm³/mol. The number of rotatable bonds is 12. The van der Waals surface area contributed by atoms with Crippen molar-refractivity contribution in [2.24, 2.45) is 0 Å². The molecule has 0 saturated heterocycles. The molecule has 0 aliphatic carbocycles. The van der Waals surface area contributed by atoms with Gasteiger partial charge in [-0.05, 0) is 83.0 Å². The van der Waals surface area contributed by atoms with Gasteiger partial charge in [0.2, 0.25) is 0 Å². The Balaban J connectivity index is 1.88. The van der Waals surface area contributed by atoms with Crippen molar-refractivity contribution >= 4 is 34.2 Å². The Kier molecular flexibility index (Phi) is 9.52. The number of aryl methyl sites for hydroxylation is 1. The molecule has 3 aromatic rings. The zero-order chi connectivity index (χ0) is 25.3. The molecule has 0 radical (unpaired) electrons. The lowest BCUT2D eigenvalue weighted by Gasteiger charge is -2.33. The summed E-state index contributed by atoms with van der Waals surface area (Å²) in [5.74, 6) is -0.463. The maximum atomic E-state index is 12.8. The normalized spacial score (nSPS) is 12.4. The van der Waals surface area contributed by atoms with Gasteiger partial charge in [-0.2, -0.15) is 5.26 Å². The maximum absolute atomic E-state index is 12.8. The van der Waals surface area contributed by atoms with Crippen molar-refractivity contribution < 1.29 is 19.4 Å². The minimum Gasteiger partial charge on any atom is -0.490 e. The largest absolute Gasteiger partial charge is 0.490 e. The molecule has 0 aliphatic rings. The van der Waals surface area contributed by atoms with Gasteiger partial charge in [0, 0.05) is 11.3 Å². The summed E-state index contributed by atoms with van der Waals surface area (Å²) in [7, 11) is 0. The lowest BCUT2D eigenvalue weighted by Crippen LogP contribution is -2.43. The molecule has 182 valence electrons. The Morgan fingerprint density at radius 2 is 1.77 bits per heavy atom. The molecule has 3 aromatic carbocycles. The van der Waals surface area contributed by atoms with E-state index in [4.69, 9.17) is 14.7 Å². The fourth-order valence-electron chi connectivity index (χ4n) is 3.82. The molecule has 2 N–H and O–H groups in total. The van der Waals surface area contributed by atoms with Crippen molar-refractivity contribution in [1.29, 1.82) is 5.26 Å². The molecule has 0 aliphatic heterocycles. The van der Waals surface area contributed by atoms with Gasteiger partial charge in [-0.15, -0.1) is 0 Å². The average Bonchev–Trinajstić information content (AvgIpc) is 2.88. The summed E-state index contributed by atoms with van der Waals surface area (Å²) in [5.41, 5.74) is 2.38. The monoisotopic (exact) mass is 584 g/mol. The molecule has 0 amide bonds. The number of hydrogen-bond donors (Lipinski definition) is 2. The molecule has 6 nitrogen and oxygen atoms in total. The van der Waals surface area contributed by atoms with Crippen LogP contribution in [0.3, 0.4) is 0 Å². The number of carboxylic acid groups (broad SMARTS) is 1. The number of carbonyl (C=O) groups is 1. The van der Waals surface area contributed by atoms with E-state index in [0.29, 0.717) is 35.8 Å². The molecular formula is C28H29IN2O4. The Bertz CT molecular complexity index is 1180. The highest BCUT2D eigenvalue weighted by Gasteiger charge is 2.42. The maximum Gasteiger partial charge on any atom is 0.334 e. The molecule has 1 atom stereocenters. The molecule has 0 saturated carbocycles. The van der Waals surface area contributed by atoms with E-state index >= 15 is 0 Å². The number of nitrogens with zero attached hydrogens (tertiary/aromatic N) is 1. The van der Waals surface area contributed by atoms with Crippen LogP contribution in [0, 0.1) is 14.9 Å². The van der Waals surface area contributed by atoms with E-state index in [1.165, 1.54) is 0 Å². The Labute approximate surface area is 220 Å². The van der Waals surface area contributed by atoms with Crippen molar-refractivity contribution in [2.45, 2.75) is 38.8 Å². The van der Waals surface area contributed by atoms with Crippen LogP contribution in [0.1, 0.15) is 42.5 Å². The van der Waals surface area contributed by atoms with Crippen LogP contribution < -0.4 is 10.1 Å². The van der Waals surface area contributed by atoms with E-state index in [1.54, 1.807) is 24.3 Å². The SMILES string of the molecule is CCc1cc(I)c(OCCOCc2ccccc2)c(C(CC)(Nc2ccc(C#N)cc2)C(=O)O)c1. The molecule has 0 heterocycles. The predicted octanol–water partition coefficient (Wildman–Crippen LogP) is 6.12. The van der Waals surface area contributed by atoms with Crippen LogP contribution in [0.25, 0.3) is 0 Å². The van der Waals surface area contributed by atoms with Crippen LogP contribution in [0.4, 0.5) is 5.69 Å². The van der Waals surface area contributed by atoms with Crippen molar-refractivity contribution in [1.82, 2.24) is 0 Å². The summed E-state index contributed by atoms with van der Waals surface area (Å²) in [6, 6.07) is 22.7. The summed E-state index contributed by atoms with van der Waals surface area (Å²) in [5, 5.41) is 22.8. The minimum atomic E-state index is -1.42. The fraction of sp³-hybridized carbons (Fsp3) is 0.286. The van der Waals surface area contributed by atoms with Crippen molar-refractivity contribution in [2.75, 3.05) is 18.5 Å². The average molecular weight is 584 g/mol. The summed E-state index contributed by atoms with van der Waals surface area (Å²) >= 11 is 2.20. The summed E-state index contributed by atoms with van der Waals surface area (Å²) in [6.07, 6.45) is 1.05. The van der Waals surface area contributed by atoms with Crippen LogP contribution in [-0.4, -0.2) is 24.3 Å². The lowest BCUT2D eigenvalue weighted by molar-refractivity contribution is -0.142. The first-order chi connectivity index (χ1) is 16.9. The smallest absolute Gasteiger partial charge is 0.334 e. The second-order valence-corrected chi connectivity index (χ2v) is 9.23. The molecule has 35 heavy (non-hydrogen) atoms. The Morgan fingerprint density at radius 1 is 1.06 bits per heavy atom. The van der Waals surface area contributed by atoms with Crippen molar-refractivity contribution in [3.05, 3.63) is 92.6 Å². The van der Waals surface area contributed by atoms with Gasteiger partial charge in [0.15, 0.2) is 5.54 Å². The van der Waals surface area contributed by atoms with Crippen LogP contribution in [-0.2, 0) is 28.1 Å². The Morgan fingerprint density at radius 3 is 2.37 bits per heavy atom. The van der Waals surface area contributed by atoms with Crippen LogP contribution in [0.15, 0.2) is 66.7 Å². The number of halogens is 1. The van der Waals surface area contributed by atoms with E-state index < -0.39 is 11.5 Å². The third-order valence-corrected chi connectivity index (χ3v) is 6.63. The second kappa shape index (κ2) is 12.6.